The largest absolute Gasteiger partial charge is 0.456 e. The number of fused-ring (bicyclic) bond motifs is 6. The van der Waals surface area contributed by atoms with E-state index < -0.39 is 0 Å². The fraction of sp³-hybridized carbons (Fsp3) is 0.0667. The lowest BCUT2D eigenvalue weighted by Crippen LogP contribution is -2.10. The molecule has 2 heterocycles. The molecule has 0 bridgehead atoms. The minimum atomic E-state index is 0.0804. The van der Waals surface area contributed by atoms with Gasteiger partial charge in [-0.2, -0.15) is 0 Å². The Morgan fingerprint density at radius 3 is 1.21 bits per heavy atom. The Kier molecular flexibility index (Phi) is 6.59. The zero-order valence-electron chi connectivity index (χ0n) is 34.6. The molecule has 0 fully saturated rings. The van der Waals surface area contributed by atoms with Gasteiger partial charge in [0.05, 0.1) is 0 Å². The van der Waals surface area contributed by atoms with Gasteiger partial charge < -0.3 is 8.83 Å². The maximum absolute atomic E-state index is 6.47. The van der Waals surface area contributed by atoms with E-state index in [4.69, 9.17) is 8.83 Å². The summed E-state index contributed by atoms with van der Waals surface area (Å²) in [6.45, 7) is 6.88. The molecule has 0 aliphatic heterocycles. The van der Waals surface area contributed by atoms with Gasteiger partial charge in [0.2, 0.25) is 0 Å². The second kappa shape index (κ2) is 12.0. The van der Waals surface area contributed by atoms with Crippen molar-refractivity contribution in [2.24, 2.45) is 0 Å². The number of furan rings is 2. The first-order valence-electron chi connectivity index (χ1n) is 21.6. The Morgan fingerprint density at radius 1 is 0.290 bits per heavy atom. The fourth-order valence-corrected chi connectivity index (χ4v) is 10.7. The molecule has 62 heavy (non-hydrogen) atoms. The van der Waals surface area contributed by atoms with Crippen LogP contribution in [0.1, 0.15) is 26.3 Å². The van der Waals surface area contributed by atoms with Crippen molar-refractivity contribution < 1.29 is 8.83 Å². The second-order valence-corrected chi connectivity index (χ2v) is 18.5. The molecule has 2 heteroatoms. The third kappa shape index (κ3) is 4.81. The van der Waals surface area contributed by atoms with Crippen molar-refractivity contribution in [1.82, 2.24) is 0 Å². The quantitative estimate of drug-likeness (QED) is 0.167. The zero-order chi connectivity index (χ0) is 41.0. The third-order valence-electron chi connectivity index (χ3n) is 13.8. The SMILES string of the molecule is CC(C)(C)c1cc2ccc3ccc(-c4ccc5oc6ccc(-c7ccc8oc9ccc(-c%10cc%11ccc%12cccc%13ccc(c%10)c%11c%12%13)cc9c8c7)cc6c5c4)c4ccc(c1)c2c34. The van der Waals surface area contributed by atoms with Crippen LogP contribution in [0.5, 0.6) is 0 Å². The standard InChI is InChI=1S/C60H38O2/c1-60(2,3)45-27-42-12-9-35-13-19-46(47-20-14-43(28-45)58(42)59(35)47)39-18-24-55-51(32-39)49-30-37(16-22-53(49)62-55)36-15-21-52-48(29-36)50-31-38(17-23-54(50)61-52)44-25-40-10-7-33-5-4-6-34-8-11-41(26-44)57(40)56(33)34/h4-32H,1-3H3. The normalized spacial score (nSPS) is 12.8. The lowest BCUT2D eigenvalue weighted by Gasteiger charge is -2.22. The van der Waals surface area contributed by atoms with Gasteiger partial charge in [-0.05, 0) is 170 Å². The maximum Gasteiger partial charge on any atom is 0.135 e. The van der Waals surface area contributed by atoms with Crippen LogP contribution >= 0.6 is 0 Å². The topological polar surface area (TPSA) is 26.3 Å². The minimum absolute atomic E-state index is 0.0804. The summed E-state index contributed by atoms with van der Waals surface area (Å²) in [4.78, 5) is 0. The van der Waals surface area contributed by atoms with E-state index in [1.54, 1.807) is 0 Å². The Morgan fingerprint density at radius 2 is 0.677 bits per heavy atom. The van der Waals surface area contributed by atoms with Crippen molar-refractivity contribution in [3.8, 4) is 33.4 Å². The minimum Gasteiger partial charge on any atom is -0.456 e. The molecular formula is C60H38O2. The molecule has 0 saturated heterocycles. The summed E-state index contributed by atoms with van der Waals surface area (Å²) in [6, 6.07) is 65.3. The first-order chi connectivity index (χ1) is 30.3. The molecule has 0 aliphatic carbocycles. The Bertz CT molecular complexity index is 4110. The van der Waals surface area contributed by atoms with Gasteiger partial charge in [-0.3, -0.25) is 0 Å². The Balaban J connectivity index is 0.874. The van der Waals surface area contributed by atoms with Crippen LogP contribution in [0.4, 0.5) is 0 Å². The molecule has 0 spiro atoms. The first kappa shape index (κ1) is 34.1. The molecule has 0 aliphatic rings. The van der Waals surface area contributed by atoms with Gasteiger partial charge in [0.25, 0.3) is 0 Å². The summed E-state index contributed by atoms with van der Waals surface area (Å²) in [6.07, 6.45) is 0. The highest BCUT2D eigenvalue weighted by Crippen LogP contribution is 2.44. The zero-order valence-corrected chi connectivity index (χ0v) is 34.6. The molecular weight excluding hydrogens is 753 g/mol. The average molecular weight is 791 g/mol. The van der Waals surface area contributed by atoms with Gasteiger partial charge in [-0.1, -0.05) is 136 Å². The summed E-state index contributed by atoms with van der Waals surface area (Å²) in [5.74, 6) is 0. The summed E-state index contributed by atoms with van der Waals surface area (Å²) in [7, 11) is 0. The van der Waals surface area contributed by atoms with Crippen molar-refractivity contribution >= 4 is 109 Å². The van der Waals surface area contributed by atoms with E-state index in [1.807, 2.05) is 0 Å². The molecule has 0 saturated carbocycles. The molecule has 0 unspecified atom stereocenters. The van der Waals surface area contributed by atoms with Gasteiger partial charge >= 0.3 is 0 Å². The summed E-state index contributed by atoms with van der Waals surface area (Å²) in [5, 5.41) is 20.1. The van der Waals surface area contributed by atoms with Gasteiger partial charge in [0.1, 0.15) is 22.3 Å². The fourth-order valence-electron chi connectivity index (χ4n) is 10.7. The third-order valence-corrected chi connectivity index (χ3v) is 13.8. The first-order valence-corrected chi connectivity index (χ1v) is 21.6. The van der Waals surface area contributed by atoms with Crippen molar-refractivity contribution in [3.05, 3.63) is 181 Å². The van der Waals surface area contributed by atoms with Crippen LogP contribution in [-0.4, -0.2) is 0 Å². The van der Waals surface area contributed by atoms with Gasteiger partial charge in [-0.15, -0.1) is 0 Å². The number of hydrogen-bond donors (Lipinski definition) is 0. The van der Waals surface area contributed by atoms with Crippen molar-refractivity contribution in [2.75, 3.05) is 0 Å². The van der Waals surface area contributed by atoms with E-state index in [2.05, 4.69) is 197 Å². The highest BCUT2D eigenvalue weighted by molar-refractivity contribution is 6.26. The summed E-state index contributed by atoms with van der Waals surface area (Å²) in [5.41, 5.74) is 12.1. The molecule has 14 aromatic rings. The summed E-state index contributed by atoms with van der Waals surface area (Å²) < 4.78 is 12.9. The van der Waals surface area contributed by atoms with E-state index in [1.165, 1.54) is 92.5 Å². The lowest BCUT2D eigenvalue weighted by atomic mass is 9.82. The van der Waals surface area contributed by atoms with E-state index in [0.29, 0.717) is 0 Å². The van der Waals surface area contributed by atoms with E-state index >= 15 is 0 Å². The van der Waals surface area contributed by atoms with Crippen LogP contribution in [0, 0.1) is 0 Å². The number of hydrogen-bond acceptors (Lipinski definition) is 2. The van der Waals surface area contributed by atoms with E-state index in [0.717, 1.165) is 55.0 Å². The van der Waals surface area contributed by atoms with Crippen LogP contribution in [-0.2, 0) is 5.41 Å². The highest BCUT2D eigenvalue weighted by atomic mass is 16.3. The molecule has 0 radical (unpaired) electrons. The molecule has 0 amide bonds. The van der Waals surface area contributed by atoms with Gasteiger partial charge in [0.15, 0.2) is 0 Å². The highest BCUT2D eigenvalue weighted by Gasteiger charge is 2.20. The predicted octanol–water partition coefficient (Wildman–Crippen LogP) is 17.6. The molecule has 2 nitrogen and oxygen atoms in total. The smallest absolute Gasteiger partial charge is 0.135 e. The van der Waals surface area contributed by atoms with Crippen LogP contribution in [0.15, 0.2) is 185 Å². The van der Waals surface area contributed by atoms with Crippen molar-refractivity contribution in [1.29, 1.82) is 0 Å². The monoisotopic (exact) mass is 790 g/mol. The van der Waals surface area contributed by atoms with Gasteiger partial charge in [-0.25, -0.2) is 0 Å². The van der Waals surface area contributed by atoms with Crippen LogP contribution in [0.2, 0.25) is 0 Å². The lowest BCUT2D eigenvalue weighted by molar-refractivity contribution is 0.591. The Hall–Kier alpha value is -7.68. The van der Waals surface area contributed by atoms with Crippen molar-refractivity contribution in [3.63, 3.8) is 0 Å². The van der Waals surface area contributed by atoms with E-state index in [9.17, 15) is 0 Å². The van der Waals surface area contributed by atoms with Gasteiger partial charge in [0, 0.05) is 21.5 Å². The van der Waals surface area contributed by atoms with Crippen LogP contribution in [0.3, 0.4) is 0 Å². The van der Waals surface area contributed by atoms with Crippen LogP contribution < -0.4 is 0 Å². The molecule has 290 valence electrons. The molecule has 0 N–H and O–H groups in total. The molecule has 14 rings (SSSR count). The molecule has 2 aromatic heterocycles. The van der Waals surface area contributed by atoms with Crippen LogP contribution in [0.25, 0.3) is 142 Å². The molecule has 12 aromatic carbocycles. The average Bonchev–Trinajstić information content (AvgIpc) is 3.86. The summed E-state index contributed by atoms with van der Waals surface area (Å²) >= 11 is 0. The maximum atomic E-state index is 6.47. The molecule has 0 atom stereocenters. The number of rotatable bonds is 3. The van der Waals surface area contributed by atoms with E-state index in [-0.39, 0.29) is 5.41 Å². The predicted molar refractivity (Wildman–Crippen MR) is 263 cm³/mol. The second-order valence-electron chi connectivity index (χ2n) is 18.5. The van der Waals surface area contributed by atoms with Crippen molar-refractivity contribution in [2.45, 2.75) is 26.2 Å². The Labute approximate surface area is 356 Å². The number of benzene rings is 12.